The molecule has 0 atom stereocenters. The smallest absolute Gasteiger partial charge is 0.399 e. The predicted octanol–water partition coefficient (Wildman–Crippen LogP) is 3.57. The standard InChI is InChI=1S/C18H18BClN2O2/c1-17(2)18(3,4)24-19(23-17)13-9-15(16(20)22-11-13)14-8-6-5-7-12(14)10-21/h5-9,11H,1-4H3. The van der Waals surface area contributed by atoms with E-state index in [4.69, 9.17) is 20.9 Å². The minimum atomic E-state index is -0.521. The van der Waals surface area contributed by atoms with Crippen LogP contribution in [-0.4, -0.2) is 23.3 Å². The molecule has 3 rings (SSSR count). The summed E-state index contributed by atoms with van der Waals surface area (Å²) in [6, 6.07) is 11.4. The lowest BCUT2D eigenvalue weighted by atomic mass is 9.79. The van der Waals surface area contributed by atoms with E-state index in [1.54, 1.807) is 12.3 Å². The molecule has 1 fully saturated rings. The van der Waals surface area contributed by atoms with Crippen LogP contribution in [0.15, 0.2) is 36.5 Å². The van der Waals surface area contributed by atoms with E-state index in [9.17, 15) is 5.26 Å². The number of hydrogen-bond acceptors (Lipinski definition) is 4. The molecular formula is C18H18BClN2O2. The largest absolute Gasteiger partial charge is 0.496 e. The van der Waals surface area contributed by atoms with Crippen molar-refractivity contribution in [1.82, 2.24) is 4.98 Å². The third kappa shape index (κ3) is 2.82. The zero-order valence-corrected chi connectivity index (χ0v) is 14.9. The Morgan fingerprint density at radius 3 is 2.33 bits per heavy atom. The zero-order chi connectivity index (χ0) is 17.5. The molecule has 4 nitrogen and oxygen atoms in total. The lowest BCUT2D eigenvalue weighted by molar-refractivity contribution is 0.00578. The number of benzene rings is 1. The predicted molar refractivity (Wildman–Crippen MR) is 95.1 cm³/mol. The van der Waals surface area contributed by atoms with Gasteiger partial charge in [0.05, 0.1) is 22.8 Å². The summed E-state index contributed by atoms with van der Waals surface area (Å²) < 4.78 is 12.1. The van der Waals surface area contributed by atoms with Crippen molar-refractivity contribution in [2.45, 2.75) is 38.9 Å². The molecular weight excluding hydrogens is 322 g/mol. The number of nitriles is 1. The fourth-order valence-electron chi connectivity index (χ4n) is 2.58. The van der Waals surface area contributed by atoms with Gasteiger partial charge in [-0.25, -0.2) is 4.98 Å². The van der Waals surface area contributed by atoms with Crippen LogP contribution in [0.1, 0.15) is 33.3 Å². The van der Waals surface area contributed by atoms with Crippen molar-refractivity contribution in [1.29, 1.82) is 5.26 Å². The van der Waals surface area contributed by atoms with Gasteiger partial charge in [0.1, 0.15) is 5.15 Å². The molecule has 1 aliphatic rings. The maximum Gasteiger partial charge on any atom is 0.496 e. The molecule has 0 amide bonds. The molecule has 0 saturated carbocycles. The molecule has 0 aliphatic carbocycles. The Morgan fingerprint density at radius 1 is 1.08 bits per heavy atom. The molecule has 2 aromatic rings. The van der Waals surface area contributed by atoms with Crippen LogP contribution < -0.4 is 5.46 Å². The van der Waals surface area contributed by atoms with Crippen LogP contribution in [0.2, 0.25) is 5.15 Å². The van der Waals surface area contributed by atoms with Crippen molar-refractivity contribution in [3.63, 3.8) is 0 Å². The van der Waals surface area contributed by atoms with Gasteiger partial charge >= 0.3 is 7.12 Å². The van der Waals surface area contributed by atoms with Crippen LogP contribution in [0.25, 0.3) is 11.1 Å². The van der Waals surface area contributed by atoms with E-state index < -0.39 is 18.3 Å². The first-order valence-corrected chi connectivity index (χ1v) is 8.13. The maximum absolute atomic E-state index is 9.33. The van der Waals surface area contributed by atoms with Gasteiger partial charge in [-0.1, -0.05) is 29.8 Å². The van der Waals surface area contributed by atoms with E-state index in [0.29, 0.717) is 16.3 Å². The van der Waals surface area contributed by atoms with E-state index in [0.717, 1.165) is 11.0 Å². The number of pyridine rings is 1. The molecule has 1 aliphatic heterocycles. The molecule has 0 bridgehead atoms. The Hall–Kier alpha value is -1.87. The third-order valence-corrected chi connectivity index (χ3v) is 5.02. The van der Waals surface area contributed by atoms with E-state index in [2.05, 4.69) is 11.1 Å². The van der Waals surface area contributed by atoms with Gasteiger partial charge in [-0.2, -0.15) is 5.26 Å². The fourth-order valence-corrected chi connectivity index (χ4v) is 2.78. The molecule has 2 heterocycles. The molecule has 0 N–H and O–H groups in total. The Balaban J connectivity index is 2.04. The van der Waals surface area contributed by atoms with Crippen LogP contribution in [-0.2, 0) is 9.31 Å². The Bertz CT molecular complexity index is 814. The first-order valence-electron chi connectivity index (χ1n) is 7.76. The fraction of sp³-hybridized carbons (Fsp3) is 0.333. The Morgan fingerprint density at radius 2 is 1.71 bits per heavy atom. The molecule has 1 saturated heterocycles. The lowest BCUT2D eigenvalue weighted by Gasteiger charge is -2.32. The average Bonchev–Trinajstić information content (AvgIpc) is 2.76. The molecule has 0 radical (unpaired) electrons. The van der Waals surface area contributed by atoms with Gasteiger partial charge < -0.3 is 9.31 Å². The minimum absolute atomic E-state index is 0.345. The van der Waals surface area contributed by atoms with Crippen molar-refractivity contribution >= 4 is 24.2 Å². The highest BCUT2D eigenvalue weighted by Crippen LogP contribution is 2.37. The van der Waals surface area contributed by atoms with E-state index in [1.165, 1.54) is 0 Å². The first-order chi connectivity index (χ1) is 11.2. The average molecular weight is 341 g/mol. The van der Waals surface area contributed by atoms with E-state index in [1.807, 2.05) is 52.0 Å². The van der Waals surface area contributed by atoms with Gasteiger partial charge in [-0.05, 0) is 39.8 Å². The SMILES string of the molecule is CC1(C)OB(c2cnc(Cl)c(-c3ccccc3C#N)c2)OC1(C)C. The number of hydrogen-bond donors (Lipinski definition) is 0. The Kier molecular flexibility index (Phi) is 4.17. The Labute approximate surface area is 147 Å². The van der Waals surface area contributed by atoms with Crippen LogP contribution in [0.3, 0.4) is 0 Å². The zero-order valence-electron chi connectivity index (χ0n) is 14.1. The third-order valence-electron chi connectivity index (χ3n) is 4.72. The van der Waals surface area contributed by atoms with Crippen molar-refractivity contribution in [2.75, 3.05) is 0 Å². The molecule has 24 heavy (non-hydrogen) atoms. The highest BCUT2D eigenvalue weighted by Gasteiger charge is 2.51. The van der Waals surface area contributed by atoms with Gasteiger partial charge in [0.15, 0.2) is 0 Å². The second-order valence-corrected chi connectivity index (χ2v) is 7.21. The monoisotopic (exact) mass is 340 g/mol. The summed E-state index contributed by atoms with van der Waals surface area (Å²) in [7, 11) is -0.521. The van der Waals surface area contributed by atoms with E-state index >= 15 is 0 Å². The summed E-state index contributed by atoms with van der Waals surface area (Å²) in [6.07, 6.45) is 1.66. The maximum atomic E-state index is 9.33. The summed E-state index contributed by atoms with van der Waals surface area (Å²) in [5.41, 5.74) is 1.91. The molecule has 0 spiro atoms. The van der Waals surface area contributed by atoms with Gasteiger partial charge in [0.2, 0.25) is 0 Å². The molecule has 6 heteroatoms. The summed E-state index contributed by atoms with van der Waals surface area (Å²) in [6.45, 7) is 8.01. The topological polar surface area (TPSA) is 55.1 Å². The summed E-state index contributed by atoms with van der Waals surface area (Å²) in [5, 5.41) is 9.67. The molecule has 1 aromatic carbocycles. The molecule has 122 valence electrons. The van der Waals surface area contributed by atoms with Gasteiger partial charge in [0.25, 0.3) is 0 Å². The van der Waals surface area contributed by atoms with Crippen LogP contribution in [0.4, 0.5) is 0 Å². The summed E-state index contributed by atoms with van der Waals surface area (Å²) in [4.78, 5) is 4.27. The number of aromatic nitrogens is 1. The quantitative estimate of drug-likeness (QED) is 0.619. The lowest BCUT2D eigenvalue weighted by Crippen LogP contribution is -2.41. The first kappa shape index (κ1) is 17.0. The highest BCUT2D eigenvalue weighted by molar-refractivity contribution is 6.62. The van der Waals surface area contributed by atoms with Gasteiger partial charge in [0, 0.05) is 22.8 Å². The van der Waals surface area contributed by atoms with Crippen molar-refractivity contribution < 1.29 is 9.31 Å². The summed E-state index contributed by atoms with van der Waals surface area (Å²) >= 11 is 6.28. The van der Waals surface area contributed by atoms with Crippen molar-refractivity contribution in [3.05, 3.63) is 47.2 Å². The highest BCUT2D eigenvalue weighted by atomic mass is 35.5. The molecule has 0 unspecified atom stereocenters. The summed E-state index contributed by atoms with van der Waals surface area (Å²) in [5.74, 6) is 0. The van der Waals surface area contributed by atoms with Crippen LogP contribution in [0, 0.1) is 11.3 Å². The molecule has 1 aromatic heterocycles. The van der Waals surface area contributed by atoms with Gasteiger partial charge in [-0.3, -0.25) is 0 Å². The number of rotatable bonds is 2. The normalized spacial score (nSPS) is 18.4. The van der Waals surface area contributed by atoms with Gasteiger partial charge in [-0.15, -0.1) is 0 Å². The minimum Gasteiger partial charge on any atom is -0.399 e. The number of nitrogens with zero attached hydrogens (tertiary/aromatic N) is 2. The van der Waals surface area contributed by atoms with Crippen molar-refractivity contribution in [3.8, 4) is 17.2 Å². The van der Waals surface area contributed by atoms with Crippen LogP contribution >= 0.6 is 11.6 Å². The van der Waals surface area contributed by atoms with E-state index in [-0.39, 0.29) is 0 Å². The second-order valence-electron chi connectivity index (χ2n) is 6.85. The van der Waals surface area contributed by atoms with Crippen molar-refractivity contribution in [2.24, 2.45) is 0 Å². The van der Waals surface area contributed by atoms with Crippen LogP contribution in [0.5, 0.6) is 0 Å². The number of halogens is 1. The second kappa shape index (κ2) is 5.89.